The van der Waals surface area contributed by atoms with Gasteiger partial charge in [0.05, 0.1) is 11.3 Å². The van der Waals surface area contributed by atoms with E-state index in [4.69, 9.17) is 5.73 Å². The van der Waals surface area contributed by atoms with Crippen molar-refractivity contribution in [2.45, 2.75) is 26.4 Å². The van der Waals surface area contributed by atoms with E-state index in [1.54, 1.807) is 18.2 Å². The van der Waals surface area contributed by atoms with Gasteiger partial charge >= 0.3 is 0 Å². The van der Waals surface area contributed by atoms with Crippen LogP contribution in [0.25, 0.3) is 11.4 Å². The zero-order valence-electron chi connectivity index (χ0n) is 15.0. The van der Waals surface area contributed by atoms with E-state index in [2.05, 4.69) is 19.9 Å². The van der Waals surface area contributed by atoms with E-state index < -0.39 is 5.95 Å². The summed E-state index contributed by atoms with van der Waals surface area (Å²) in [5, 5.41) is 0. The van der Waals surface area contributed by atoms with Gasteiger partial charge < -0.3 is 10.7 Å². The van der Waals surface area contributed by atoms with E-state index in [9.17, 15) is 9.18 Å². The second-order valence-corrected chi connectivity index (χ2v) is 6.82. The molecule has 1 aliphatic rings. The molecule has 3 aromatic rings. The zero-order chi connectivity index (χ0) is 19.0. The minimum atomic E-state index is -0.452. The fourth-order valence-corrected chi connectivity index (χ4v) is 3.36. The third-order valence-electron chi connectivity index (χ3n) is 4.95. The number of aromatic amines is 1. The standard InChI is InChI=1S/C20H20FN5O/c1-12-6-8-23-18(21)15(12)10-26-9-7-17-16(11-26)20(27)25-19(24-17)13-2-4-14(22)5-3-13/h2-6,8H,7,9-11,22H2,1H3,(H,24,25,27). The Morgan fingerprint density at radius 1 is 1.26 bits per heavy atom. The Bertz CT molecular complexity index is 1020. The Morgan fingerprint density at radius 2 is 2.04 bits per heavy atom. The van der Waals surface area contributed by atoms with Gasteiger partial charge in [0.1, 0.15) is 5.82 Å². The lowest BCUT2D eigenvalue weighted by Crippen LogP contribution is -2.35. The molecule has 0 atom stereocenters. The average molecular weight is 365 g/mol. The van der Waals surface area contributed by atoms with E-state index >= 15 is 0 Å². The number of pyridine rings is 1. The van der Waals surface area contributed by atoms with Crippen LogP contribution in [0.3, 0.4) is 0 Å². The lowest BCUT2D eigenvalue weighted by atomic mass is 10.0. The second kappa shape index (κ2) is 6.92. The van der Waals surface area contributed by atoms with Gasteiger partial charge in [-0.15, -0.1) is 0 Å². The highest BCUT2D eigenvalue weighted by Gasteiger charge is 2.23. The van der Waals surface area contributed by atoms with Crippen molar-refractivity contribution in [1.82, 2.24) is 19.9 Å². The molecule has 3 N–H and O–H groups in total. The van der Waals surface area contributed by atoms with Gasteiger partial charge in [-0.05, 0) is 42.8 Å². The molecule has 2 aromatic heterocycles. The smallest absolute Gasteiger partial charge is 0.255 e. The van der Waals surface area contributed by atoms with Crippen LogP contribution in [0.5, 0.6) is 0 Å². The van der Waals surface area contributed by atoms with Crippen molar-refractivity contribution in [1.29, 1.82) is 0 Å². The molecule has 0 unspecified atom stereocenters. The van der Waals surface area contributed by atoms with E-state index in [1.807, 2.05) is 19.1 Å². The first kappa shape index (κ1) is 17.4. The molecule has 1 aliphatic heterocycles. The Labute approximate surface area is 155 Å². The third kappa shape index (κ3) is 3.46. The summed E-state index contributed by atoms with van der Waals surface area (Å²) in [4.78, 5) is 25.9. The molecule has 3 heterocycles. The summed E-state index contributed by atoms with van der Waals surface area (Å²) < 4.78 is 14.0. The van der Waals surface area contributed by atoms with Crippen LogP contribution >= 0.6 is 0 Å². The van der Waals surface area contributed by atoms with Crippen molar-refractivity contribution in [2.24, 2.45) is 0 Å². The number of aryl methyl sites for hydroxylation is 1. The fraction of sp³-hybridized carbons (Fsp3) is 0.250. The molecule has 0 amide bonds. The van der Waals surface area contributed by atoms with Crippen molar-refractivity contribution >= 4 is 5.69 Å². The maximum atomic E-state index is 14.0. The van der Waals surface area contributed by atoms with Crippen molar-refractivity contribution < 1.29 is 4.39 Å². The summed E-state index contributed by atoms with van der Waals surface area (Å²) in [5.41, 5.74) is 9.91. The molecule has 0 saturated heterocycles. The Morgan fingerprint density at radius 3 is 2.78 bits per heavy atom. The molecule has 0 aliphatic carbocycles. The number of hydrogen-bond donors (Lipinski definition) is 2. The summed E-state index contributed by atoms with van der Waals surface area (Å²) in [6.45, 7) is 3.43. The maximum absolute atomic E-state index is 14.0. The largest absolute Gasteiger partial charge is 0.399 e. The normalized spacial score (nSPS) is 14.1. The van der Waals surface area contributed by atoms with E-state index in [0.717, 1.165) is 16.8 Å². The topological polar surface area (TPSA) is 87.9 Å². The van der Waals surface area contributed by atoms with E-state index in [-0.39, 0.29) is 5.56 Å². The number of halogens is 1. The summed E-state index contributed by atoms with van der Waals surface area (Å²) in [5.74, 6) is 0.0906. The highest BCUT2D eigenvalue weighted by molar-refractivity contribution is 5.58. The SMILES string of the molecule is Cc1ccnc(F)c1CN1CCc2nc(-c3ccc(N)cc3)[nH]c(=O)c2C1. The Balaban J connectivity index is 1.60. The number of nitrogen functional groups attached to an aromatic ring is 1. The number of aromatic nitrogens is 3. The molecular weight excluding hydrogens is 345 g/mol. The molecule has 0 radical (unpaired) electrons. The highest BCUT2D eigenvalue weighted by Crippen LogP contribution is 2.22. The van der Waals surface area contributed by atoms with Gasteiger partial charge in [-0.2, -0.15) is 4.39 Å². The lowest BCUT2D eigenvalue weighted by Gasteiger charge is -2.28. The number of rotatable bonds is 3. The monoisotopic (exact) mass is 365 g/mol. The van der Waals surface area contributed by atoms with Crippen LogP contribution in [0, 0.1) is 12.9 Å². The number of nitrogens with one attached hydrogen (secondary N) is 1. The van der Waals surface area contributed by atoms with Crippen LogP contribution in [0.2, 0.25) is 0 Å². The van der Waals surface area contributed by atoms with Crippen molar-refractivity contribution in [2.75, 3.05) is 12.3 Å². The molecule has 138 valence electrons. The average Bonchev–Trinajstić information content (AvgIpc) is 2.66. The number of fused-ring (bicyclic) bond motifs is 1. The first-order chi connectivity index (χ1) is 13.0. The molecule has 0 fully saturated rings. The molecule has 0 saturated carbocycles. The van der Waals surface area contributed by atoms with Gasteiger partial charge in [0.2, 0.25) is 5.95 Å². The van der Waals surface area contributed by atoms with Crippen molar-refractivity contribution in [3.63, 3.8) is 0 Å². The zero-order valence-corrected chi connectivity index (χ0v) is 15.0. The summed E-state index contributed by atoms with van der Waals surface area (Å²) in [6, 6.07) is 9.03. The van der Waals surface area contributed by atoms with Crippen LogP contribution < -0.4 is 11.3 Å². The molecule has 4 rings (SSSR count). The van der Waals surface area contributed by atoms with Gasteiger partial charge in [-0.25, -0.2) is 9.97 Å². The summed E-state index contributed by atoms with van der Waals surface area (Å²) >= 11 is 0. The number of nitrogens with zero attached hydrogens (tertiary/aromatic N) is 3. The van der Waals surface area contributed by atoms with E-state index in [0.29, 0.717) is 48.7 Å². The van der Waals surface area contributed by atoms with Crippen molar-refractivity contribution in [3.8, 4) is 11.4 Å². The Kier molecular flexibility index (Phi) is 4.45. The van der Waals surface area contributed by atoms with Crippen LogP contribution in [0.4, 0.5) is 10.1 Å². The quantitative estimate of drug-likeness (QED) is 0.550. The lowest BCUT2D eigenvalue weighted by molar-refractivity contribution is 0.237. The number of H-pyrrole nitrogens is 1. The molecule has 0 spiro atoms. The fourth-order valence-electron chi connectivity index (χ4n) is 3.36. The van der Waals surface area contributed by atoms with Crippen LogP contribution in [-0.4, -0.2) is 26.4 Å². The second-order valence-electron chi connectivity index (χ2n) is 6.82. The highest BCUT2D eigenvalue weighted by atomic mass is 19.1. The first-order valence-electron chi connectivity index (χ1n) is 8.81. The number of nitrogens with two attached hydrogens (primary N) is 1. The van der Waals surface area contributed by atoms with Crippen LogP contribution in [-0.2, 0) is 19.5 Å². The molecule has 0 bridgehead atoms. The van der Waals surface area contributed by atoms with Gasteiger partial charge in [0.15, 0.2) is 0 Å². The predicted molar refractivity (Wildman–Crippen MR) is 101 cm³/mol. The molecule has 27 heavy (non-hydrogen) atoms. The molecule has 6 nitrogen and oxygen atoms in total. The summed E-state index contributed by atoms with van der Waals surface area (Å²) in [6.07, 6.45) is 2.11. The molecule has 7 heteroatoms. The van der Waals surface area contributed by atoms with Gasteiger partial charge in [-0.3, -0.25) is 9.69 Å². The number of benzene rings is 1. The minimum Gasteiger partial charge on any atom is -0.399 e. The van der Waals surface area contributed by atoms with Crippen LogP contribution in [0.1, 0.15) is 22.4 Å². The van der Waals surface area contributed by atoms with Crippen LogP contribution in [0.15, 0.2) is 41.3 Å². The van der Waals surface area contributed by atoms with Gasteiger partial charge in [0.25, 0.3) is 5.56 Å². The third-order valence-corrected chi connectivity index (χ3v) is 4.95. The minimum absolute atomic E-state index is 0.153. The van der Waals surface area contributed by atoms with E-state index in [1.165, 1.54) is 6.20 Å². The Hall–Kier alpha value is -3.06. The predicted octanol–water partition coefficient (Wildman–Crippen LogP) is 2.42. The molecular formula is C20H20FN5O. The molecule has 1 aromatic carbocycles. The van der Waals surface area contributed by atoms with Gasteiger partial charge in [0, 0.05) is 49.1 Å². The maximum Gasteiger partial charge on any atom is 0.255 e. The number of hydrogen-bond acceptors (Lipinski definition) is 5. The van der Waals surface area contributed by atoms with Crippen molar-refractivity contribution in [3.05, 3.63) is 75.2 Å². The van der Waals surface area contributed by atoms with Gasteiger partial charge in [-0.1, -0.05) is 0 Å². The number of anilines is 1. The summed E-state index contributed by atoms with van der Waals surface area (Å²) in [7, 11) is 0. The first-order valence-corrected chi connectivity index (χ1v) is 8.81.